The predicted molar refractivity (Wildman–Crippen MR) is 75.7 cm³/mol. The molecule has 0 saturated heterocycles. The van der Waals surface area contributed by atoms with E-state index in [2.05, 4.69) is 11.9 Å². The van der Waals surface area contributed by atoms with Crippen LogP contribution < -0.4 is 5.73 Å². The average molecular weight is 264 g/mol. The summed E-state index contributed by atoms with van der Waals surface area (Å²) < 4.78 is 5.71. The summed E-state index contributed by atoms with van der Waals surface area (Å²) in [6.07, 6.45) is 7.50. The number of nitrogen functional groups attached to an aromatic ring is 1. The van der Waals surface area contributed by atoms with Crippen molar-refractivity contribution >= 4 is 5.69 Å². The number of pyridine rings is 1. The molecule has 0 radical (unpaired) electrons. The maximum Gasteiger partial charge on any atom is 0.0942 e. The fraction of sp³-hybridized carbons (Fsp3) is 0.667. The van der Waals surface area contributed by atoms with E-state index in [9.17, 15) is 5.11 Å². The molecule has 3 atom stereocenters. The molecule has 3 unspecified atom stereocenters. The molecule has 4 nitrogen and oxygen atoms in total. The Kier molecular flexibility index (Phi) is 4.42. The van der Waals surface area contributed by atoms with E-state index < -0.39 is 11.7 Å². The van der Waals surface area contributed by atoms with E-state index in [1.165, 1.54) is 6.42 Å². The molecule has 19 heavy (non-hydrogen) atoms. The van der Waals surface area contributed by atoms with Crippen molar-refractivity contribution in [2.24, 2.45) is 5.92 Å². The number of anilines is 1. The molecule has 0 spiro atoms. The summed E-state index contributed by atoms with van der Waals surface area (Å²) in [4.78, 5) is 4.08. The van der Waals surface area contributed by atoms with E-state index in [0.29, 0.717) is 18.0 Å². The van der Waals surface area contributed by atoms with Crippen LogP contribution in [0.15, 0.2) is 18.5 Å². The molecule has 1 aliphatic rings. The maximum atomic E-state index is 10.6. The van der Waals surface area contributed by atoms with Crippen molar-refractivity contribution in [2.75, 3.05) is 12.8 Å². The molecule has 0 bridgehead atoms. The van der Waals surface area contributed by atoms with Gasteiger partial charge in [-0.2, -0.15) is 0 Å². The molecule has 106 valence electrons. The molecule has 3 N–H and O–H groups in total. The molecule has 2 rings (SSSR count). The summed E-state index contributed by atoms with van der Waals surface area (Å²) in [5.74, 6) is 0.592. The number of hydrogen-bond donors (Lipinski definition) is 2. The second-order valence-electron chi connectivity index (χ2n) is 5.76. The first kappa shape index (κ1) is 14.3. The molecule has 1 heterocycles. The van der Waals surface area contributed by atoms with Gasteiger partial charge >= 0.3 is 0 Å². The van der Waals surface area contributed by atoms with Crippen LogP contribution in [-0.4, -0.2) is 28.9 Å². The fourth-order valence-corrected chi connectivity index (χ4v) is 3.17. The summed E-state index contributed by atoms with van der Waals surface area (Å²) in [6.45, 7) is 2.22. The molecule has 1 aromatic rings. The van der Waals surface area contributed by atoms with Crippen LogP contribution in [0.3, 0.4) is 0 Å². The van der Waals surface area contributed by atoms with Crippen LogP contribution in [0.2, 0.25) is 0 Å². The Balaban J connectivity index is 2.13. The smallest absolute Gasteiger partial charge is 0.0942 e. The quantitative estimate of drug-likeness (QED) is 0.874. The van der Waals surface area contributed by atoms with E-state index in [4.69, 9.17) is 10.5 Å². The van der Waals surface area contributed by atoms with Crippen LogP contribution in [-0.2, 0) is 11.2 Å². The summed E-state index contributed by atoms with van der Waals surface area (Å²) in [5.41, 5.74) is 7.07. The van der Waals surface area contributed by atoms with E-state index in [1.807, 2.05) is 0 Å². The Bertz CT molecular complexity index is 424. The van der Waals surface area contributed by atoms with Crippen molar-refractivity contribution in [1.29, 1.82) is 0 Å². The van der Waals surface area contributed by atoms with Gasteiger partial charge in [0, 0.05) is 31.6 Å². The third kappa shape index (κ3) is 3.07. The molecule has 1 aromatic heterocycles. The molecular formula is C15H24N2O2. The van der Waals surface area contributed by atoms with Gasteiger partial charge in [-0.3, -0.25) is 4.98 Å². The first-order valence-corrected chi connectivity index (χ1v) is 6.99. The van der Waals surface area contributed by atoms with Gasteiger partial charge < -0.3 is 15.6 Å². The van der Waals surface area contributed by atoms with Crippen molar-refractivity contribution in [2.45, 2.75) is 50.7 Å². The van der Waals surface area contributed by atoms with Gasteiger partial charge in [0.05, 0.1) is 11.7 Å². The third-order valence-corrected chi connectivity index (χ3v) is 4.36. The zero-order valence-electron chi connectivity index (χ0n) is 11.8. The maximum absolute atomic E-state index is 10.6. The lowest BCUT2D eigenvalue weighted by Crippen LogP contribution is -2.48. The summed E-state index contributed by atoms with van der Waals surface area (Å²) in [5, 5.41) is 10.6. The van der Waals surface area contributed by atoms with Gasteiger partial charge in [0.1, 0.15) is 0 Å². The van der Waals surface area contributed by atoms with Crippen molar-refractivity contribution in [3.8, 4) is 0 Å². The highest BCUT2D eigenvalue weighted by Gasteiger charge is 2.41. The van der Waals surface area contributed by atoms with E-state index in [-0.39, 0.29) is 0 Å². The molecule has 4 heteroatoms. The van der Waals surface area contributed by atoms with Crippen molar-refractivity contribution < 1.29 is 9.84 Å². The monoisotopic (exact) mass is 264 g/mol. The second kappa shape index (κ2) is 5.88. The molecule has 1 fully saturated rings. The van der Waals surface area contributed by atoms with Crippen LogP contribution >= 0.6 is 0 Å². The molecule has 1 aliphatic carbocycles. The number of rotatable bonds is 4. The lowest BCUT2D eigenvalue weighted by Gasteiger charge is -2.42. The number of methoxy groups -OCH3 is 1. The van der Waals surface area contributed by atoms with Gasteiger partial charge in [-0.25, -0.2) is 0 Å². The molecular weight excluding hydrogens is 240 g/mol. The van der Waals surface area contributed by atoms with Crippen LogP contribution in [0, 0.1) is 5.92 Å². The molecule has 0 aliphatic heterocycles. The van der Waals surface area contributed by atoms with Crippen LogP contribution in [0.4, 0.5) is 5.69 Å². The summed E-state index contributed by atoms with van der Waals surface area (Å²) in [6, 6.07) is 1.77. The largest absolute Gasteiger partial charge is 0.398 e. The number of ether oxygens (including phenoxy) is 1. The predicted octanol–water partition coefficient (Wildman–Crippen LogP) is 2.16. The SMILES string of the molecule is COC1(C(O)Cc2cnccc2N)CCCC(C)C1. The van der Waals surface area contributed by atoms with Gasteiger partial charge in [0.2, 0.25) is 0 Å². The molecule has 0 amide bonds. The fourth-order valence-electron chi connectivity index (χ4n) is 3.17. The van der Waals surface area contributed by atoms with Crippen LogP contribution in [0.5, 0.6) is 0 Å². The zero-order valence-corrected chi connectivity index (χ0v) is 11.8. The normalized spacial score (nSPS) is 29.1. The average Bonchev–Trinajstić information content (AvgIpc) is 2.41. The van der Waals surface area contributed by atoms with Crippen molar-refractivity contribution in [3.63, 3.8) is 0 Å². The lowest BCUT2D eigenvalue weighted by molar-refractivity contribution is -0.131. The number of hydrogen-bond acceptors (Lipinski definition) is 4. The first-order valence-electron chi connectivity index (χ1n) is 6.99. The number of aliphatic hydroxyl groups is 1. The minimum Gasteiger partial charge on any atom is -0.398 e. The minimum absolute atomic E-state index is 0.431. The van der Waals surface area contributed by atoms with Gasteiger partial charge in [-0.05, 0) is 30.4 Å². The van der Waals surface area contributed by atoms with Gasteiger partial charge in [0.15, 0.2) is 0 Å². The minimum atomic E-state index is -0.535. The zero-order chi connectivity index (χ0) is 13.9. The molecule has 1 saturated carbocycles. The number of nitrogens with two attached hydrogens (primary N) is 1. The van der Waals surface area contributed by atoms with Gasteiger partial charge in [-0.15, -0.1) is 0 Å². The number of nitrogens with zero attached hydrogens (tertiary/aromatic N) is 1. The van der Waals surface area contributed by atoms with Crippen molar-refractivity contribution in [3.05, 3.63) is 24.0 Å². The topological polar surface area (TPSA) is 68.4 Å². The van der Waals surface area contributed by atoms with Gasteiger partial charge in [0.25, 0.3) is 0 Å². The van der Waals surface area contributed by atoms with Gasteiger partial charge in [-0.1, -0.05) is 19.8 Å². The van der Waals surface area contributed by atoms with Crippen molar-refractivity contribution in [1.82, 2.24) is 4.98 Å². The van der Waals surface area contributed by atoms with Crippen LogP contribution in [0.25, 0.3) is 0 Å². The Morgan fingerprint density at radius 3 is 3.05 bits per heavy atom. The Morgan fingerprint density at radius 1 is 1.63 bits per heavy atom. The first-order chi connectivity index (χ1) is 9.07. The highest BCUT2D eigenvalue weighted by atomic mass is 16.5. The number of aromatic nitrogens is 1. The third-order valence-electron chi connectivity index (χ3n) is 4.36. The Hall–Kier alpha value is -1.13. The standard InChI is InChI=1S/C15H24N2O2/c1-11-4-3-6-15(9-11,19-2)14(18)8-12-10-17-7-5-13(12)16/h5,7,10-11,14,18H,3-4,6,8-9H2,1-2H3,(H2,16,17). The van der Waals surface area contributed by atoms with E-state index >= 15 is 0 Å². The number of aliphatic hydroxyl groups excluding tert-OH is 1. The Labute approximate surface area is 115 Å². The summed E-state index contributed by atoms with van der Waals surface area (Å²) in [7, 11) is 1.70. The van der Waals surface area contributed by atoms with E-state index in [0.717, 1.165) is 24.8 Å². The highest BCUT2D eigenvalue weighted by Crippen LogP contribution is 2.38. The lowest BCUT2D eigenvalue weighted by atomic mass is 9.74. The molecule has 0 aromatic carbocycles. The second-order valence-corrected chi connectivity index (χ2v) is 5.76. The highest BCUT2D eigenvalue weighted by molar-refractivity contribution is 5.44. The Morgan fingerprint density at radius 2 is 2.42 bits per heavy atom. The van der Waals surface area contributed by atoms with E-state index in [1.54, 1.807) is 25.6 Å². The summed E-state index contributed by atoms with van der Waals surface area (Å²) >= 11 is 0. The van der Waals surface area contributed by atoms with Crippen LogP contribution in [0.1, 0.15) is 38.2 Å².